The Morgan fingerprint density at radius 2 is 2.20 bits per heavy atom. The van der Waals surface area contributed by atoms with Gasteiger partial charge in [-0.1, -0.05) is 13.8 Å². The molecule has 1 saturated carbocycles. The summed E-state index contributed by atoms with van der Waals surface area (Å²) in [5.41, 5.74) is 8.38. The zero-order chi connectivity index (χ0) is 11.1. The van der Waals surface area contributed by atoms with Crippen LogP contribution in [0.5, 0.6) is 0 Å². The Kier molecular flexibility index (Phi) is 2.83. The molecule has 0 saturated heterocycles. The van der Waals surface area contributed by atoms with Gasteiger partial charge >= 0.3 is 0 Å². The lowest BCUT2D eigenvalue weighted by atomic mass is 10.1. The summed E-state index contributed by atoms with van der Waals surface area (Å²) < 4.78 is 1.18. The topological polar surface area (TPSA) is 38.0 Å². The Labute approximate surface area is 105 Å². The van der Waals surface area contributed by atoms with Gasteiger partial charge in [0, 0.05) is 10.1 Å². The van der Waals surface area contributed by atoms with Gasteiger partial charge in [-0.3, -0.25) is 0 Å². The first-order valence-corrected chi connectivity index (χ1v) is 6.36. The van der Waals surface area contributed by atoms with E-state index >= 15 is 0 Å². The van der Waals surface area contributed by atoms with Gasteiger partial charge in [0.05, 0.1) is 11.4 Å². The predicted molar refractivity (Wildman–Crippen MR) is 73.9 cm³/mol. The second-order valence-electron chi connectivity index (χ2n) is 5.00. The minimum atomic E-state index is 0.533. The molecule has 1 aromatic carbocycles. The van der Waals surface area contributed by atoms with Crippen molar-refractivity contribution in [1.82, 2.24) is 0 Å². The van der Waals surface area contributed by atoms with Crippen LogP contribution < -0.4 is 11.1 Å². The van der Waals surface area contributed by atoms with Crippen LogP contribution in [-0.2, 0) is 0 Å². The second kappa shape index (κ2) is 3.85. The number of nitrogen functional groups attached to an aromatic ring is 1. The molecule has 1 unspecified atom stereocenters. The van der Waals surface area contributed by atoms with Crippen LogP contribution in [0.1, 0.15) is 20.3 Å². The van der Waals surface area contributed by atoms with Crippen molar-refractivity contribution in [1.29, 1.82) is 0 Å². The van der Waals surface area contributed by atoms with Crippen molar-refractivity contribution in [2.24, 2.45) is 11.3 Å². The molecular formula is C12H17IN2. The van der Waals surface area contributed by atoms with E-state index in [9.17, 15) is 0 Å². The van der Waals surface area contributed by atoms with Gasteiger partial charge in [-0.15, -0.1) is 0 Å². The number of rotatable bonds is 3. The van der Waals surface area contributed by atoms with E-state index in [1.54, 1.807) is 0 Å². The molecule has 1 aliphatic carbocycles. The molecule has 3 N–H and O–H groups in total. The molecule has 3 heteroatoms. The van der Waals surface area contributed by atoms with Crippen molar-refractivity contribution in [3.8, 4) is 0 Å². The van der Waals surface area contributed by atoms with Crippen LogP contribution >= 0.6 is 22.6 Å². The first-order valence-electron chi connectivity index (χ1n) is 5.28. The van der Waals surface area contributed by atoms with Crippen LogP contribution in [0.15, 0.2) is 18.2 Å². The average Bonchev–Trinajstić information content (AvgIpc) is 2.73. The first kappa shape index (κ1) is 11.0. The molecule has 1 aromatic rings. The van der Waals surface area contributed by atoms with E-state index in [4.69, 9.17) is 5.73 Å². The molecule has 2 nitrogen and oxygen atoms in total. The minimum absolute atomic E-state index is 0.533. The minimum Gasteiger partial charge on any atom is -0.397 e. The zero-order valence-electron chi connectivity index (χ0n) is 9.18. The second-order valence-corrected chi connectivity index (χ2v) is 6.25. The van der Waals surface area contributed by atoms with Crippen molar-refractivity contribution in [3.05, 3.63) is 21.8 Å². The summed E-state index contributed by atoms with van der Waals surface area (Å²) in [6.45, 7) is 5.67. The summed E-state index contributed by atoms with van der Waals surface area (Å²) in [6, 6.07) is 6.14. The highest BCUT2D eigenvalue weighted by molar-refractivity contribution is 14.1. The van der Waals surface area contributed by atoms with Gasteiger partial charge in [-0.25, -0.2) is 0 Å². The lowest BCUT2D eigenvalue weighted by Gasteiger charge is -2.10. The fourth-order valence-corrected chi connectivity index (χ4v) is 2.37. The number of nitrogens with one attached hydrogen (secondary N) is 1. The monoisotopic (exact) mass is 316 g/mol. The van der Waals surface area contributed by atoms with E-state index in [0.717, 1.165) is 23.8 Å². The van der Waals surface area contributed by atoms with Crippen LogP contribution in [-0.4, -0.2) is 6.54 Å². The van der Waals surface area contributed by atoms with Crippen molar-refractivity contribution in [3.63, 3.8) is 0 Å². The van der Waals surface area contributed by atoms with Crippen LogP contribution in [0.3, 0.4) is 0 Å². The van der Waals surface area contributed by atoms with Gasteiger partial charge < -0.3 is 11.1 Å². The number of anilines is 2. The van der Waals surface area contributed by atoms with Crippen LogP contribution in [0.2, 0.25) is 0 Å². The molecular weight excluding hydrogens is 299 g/mol. The molecule has 82 valence electrons. The number of hydrogen-bond acceptors (Lipinski definition) is 2. The summed E-state index contributed by atoms with van der Waals surface area (Å²) >= 11 is 2.27. The molecule has 15 heavy (non-hydrogen) atoms. The molecule has 0 spiro atoms. The van der Waals surface area contributed by atoms with Crippen molar-refractivity contribution in [2.75, 3.05) is 17.6 Å². The molecule has 0 heterocycles. The fourth-order valence-electron chi connectivity index (χ4n) is 1.85. The Morgan fingerprint density at radius 3 is 2.73 bits per heavy atom. The summed E-state index contributed by atoms with van der Waals surface area (Å²) in [6.07, 6.45) is 1.32. The van der Waals surface area contributed by atoms with E-state index in [-0.39, 0.29) is 0 Å². The maximum absolute atomic E-state index is 5.93. The first-order chi connectivity index (χ1) is 6.99. The summed E-state index contributed by atoms with van der Waals surface area (Å²) in [4.78, 5) is 0. The molecule has 0 bridgehead atoms. The molecule has 1 fully saturated rings. The van der Waals surface area contributed by atoms with Crippen molar-refractivity contribution in [2.45, 2.75) is 20.3 Å². The molecule has 2 rings (SSSR count). The normalized spacial score (nSPS) is 22.5. The van der Waals surface area contributed by atoms with Crippen LogP contribution in [0, 0.1) is 14.9 Å². The summed E-state index contributed by atoms with van der Waals surface area (Å²) in [5.74, 6) is 0.802. The molecule has 1 aliphatic rings. The Bertz CT molecular complexity index is 374. The van der Waals surface area contributed by atoms with Crippen LogP contribution in [0.4, 0.5) is 11.4 Å². The molecule has 0 amide bonds. The third-order valence-electron chi connectivity index (χ3n) is 3.27. The van der Waals surface area contributed by atoms with E-state index in [1.807, 2.05) is 6.07 Å². The summed E-state index contributed by atoms with van der Waals surface area (Å²) in [7, 11) is 0. The van der Waals surface area contributed by atoms with E-state index < -0.39 is 0 Å². The number of nitrogens with two attached hydrogens (primary N) is 1. The van der Waals surface area contributed by atoms with Gasteiger partial charge in [-0.2, -0.15) is 0 Å². The Balaban J connectivity index is 1.94. The zero-order valence-corrected chi connectivity index (χ0v) is 11.3. The smallest absolute Gasteiger partial charge is 0.0574 e. The maximum Gasteiger partial charge on any atom is 0.0574 e. The summed E-state index contributed by atoms with van der Waals surface area (Å²) in [5, 5.41) is 3.43. The Hall–Kier alpha value is -0.450. The molecule has 0 radical (unpaired) electrons. The fraction of sp³-hybridized carbons (Fsp3) is 0.500. The SMILES string of the molecule is CC1(C)CC1CNc1ccc(I)cc1N. The van der Waals surface area contributed by atoms with Gasteiger partial charge in [0.2, 0.25) is 0 Å². The number of hydrogen-bond donors (Lipinski definition) is 2. The maximum atomic E-state index is 5.93. The molecule has 0 aliphatic heterocycles. The lowest BCUT2D eigenvalue weighted by molar-refractivity contribution is 0.573. The van der Waals surface area contributed by atoms with E-state index in [0.29, 0.717) is 5.41 Å². The highest BCUT2D eigenvalue weighted by Crippen LogP contribution is 2.51. The number of benzene rings is 1. The third-order valence-corrected chi connectivity index (χ3v) is 3.94. The standard InChI is InChI=1S/C12H17IN2/c1-12(2)6-8(12)7-15-11-4-3-9(13)5-10(11)14/h3-5,8,15H,6-7,14H2,1-2H3. The van der Waals surface area contributed by atoms with Gasteiger partial charge in [0.15, 0.2) is 0 Å². The lowest BCUT2D eigenvalue weighted by Crippen LogP contribution is -2.08. The van der Waals surface area contributed by atoms with Crippen molar-refractivity contribution < 1.29 is 0 Å². The number of halogens is 1. The molecule has 0 aromatic heterocycles. The predicted octanol–water partition coefficient (Wildman–Crippen LogP) is 3.33. The highest BCUT2D eigenvalue weighted by Gasteiger charge is 2.44. The third kappa shape index (κ3) is 2.56. The highest BCUT2D eigenvalue weighted by atomic mass is 127. The quantitative estimate of drug-likeness (QED) is 0.663. The van der Waals surface area contributed by atoms with Gasteiger partial charge in [-0.05, 0) is 58.5 Å². The average molecular weight is 316 g/mol. The Morgan fingerprint density at radius 1 is 1.53 bits per heavy atom. The van der Waals surface area contributed by atoms with Crippen molar-refractivity contribution >= 4 is 34.0 Å². The molecule has 1 atom stereocenters. The van der Waals surface area contributed by atoms with Gasteiger partial charge in [0.25, 0.3) is 0 Å². The van der Waals surface area contributed by atoms with Gasteiger partial charge in [0.1, 0.15) is 0 Å². The van der Waals surface area contributed by atoms with E-state index in [1.165, 1.54) is 9.99 Å². The van der Waals surface area contributed by atoms with Crippen LogP contribution in [0.25, 0.3) is 0 Å². The largest absolute Gasteiger partial charge is 0.397 e. The van der Waals surface area contributed by atoms with E-state index in [2.05, 4.69) is 53.9 Å².